The van der Waals surface area contributed by atoms with Crippen molar-refractivity contribution in [3.63, 3.8) is 0 Å². The maximum atomic E-state index is 14.3. The summed E-state index contributed by atoms with van der Waals surface area (Å²) in [6.45, 7) is 5.58. The van der Waals surface area contributed by atoms with E-state index in [-0.39, 0.29) is 28.2 Å². The van der Waals surface area contributed by atoms with Gasteiger partial charge in [0.15, 0.2) is 0 Å². The second-order valence-electron chi connectivity index (χ2n) is 8.86. The quantitative estimate of drug-likeness (QED) is 0.469. The number of pyridine rings is 2. The maximum absolute atomic E-state index is 14.3. The lowest BCUT2D eigenvalue weighted by molar-refractivity contribution is -0.138. The third-order valence-electron chi connectivity index (χ3n) is 5.55. The van der Waals surface area contributed by atoms with Crippen molar-refractivity contribution in [3.8, 4) is 11.1 Å². The van der Waals surface area contributed by atoms with Gasteiger partial charge in [0, 0.05) is 30.2 Å². The number of amides is 1. The number of rotatable bonds is 9. The number of halogens is 2. The van der Waals surface area contributed by atoms with Crippen molar-refractivity contribution < 1.29 is 23.5 Å². The smallest absolute Gasteiger partial charge is 0.305 e. The van der Waals surface area contributed by atoms with Gasteiger partial charge in [-0.1, -0.05) is 19.9 Å². The van der Waals surface area contributed by atoms with Crippen LogP contribution in [0.3, 0.4) is 0 Å². The van der Waals surface area contributed by atoms with Crippen LogP contribution >= 0.6 is 0 Å². The number of carbonyl (C=O) groups is 2. The van der Waals surface area contributed by atoms with E-state index < -0.39 is 42.0 Å². The summed E-state index contributed by atoms with van der Waals surface area (Å²) in [6, 6.07) is 6.07. The lowest BCUT2D eigenvalue weighted by Crippen LogP contribution is -2.40. The van der Waals surface area contributed by atoms with E-state index in [1.165, 1.54) is 35.2 Å². The van der Waals surface area contributed by atoms with Crippen molar-refractivity contribution in [3.05, 3.63) is 88.1 Å². The third kappa shape index (κ3) is 6.38. The number of benzene rings is 1. The molecule has 2 heterocycles. The van der Waals surface area contributed by atoms with E-state index in [1.54, 1.807) is 19.2 Å². The number of aromatic nitrogens is 2. The predicted molar refractivity (Wildman–Crippen MR) is 127 cm³/mol. The Kier molecular flexibility index (Phi) is 8.11. The van der Waals surface area contributed by atoms with Gasteiger partial charge in [-0.2, -0.15) is 0 Å². The Morgan fingerprint density at radius 1 is 1.11 bits per heavy atom. The summed E-state index contributed by atoms with van der Waals surface area (Å²) in [5.41, 5.74) is 0.476. The van der Waals surface area contributed by atoms with E-state index in [0.717, 1.165) is 17.7 Å². The van der Waals surface area contributed by atoms with Crippen LogP contribution in [0.15, 0.2) is 59.8 Å². The highest BCUT2D eigenvalue weighted by Crippen LogP contribution is 2.29. The van der Waals surface area contributed by atoms with Crippen LogP contribution in [0.25, 0.3) is 11.1 Å². The van der Waals surface area contributed by atoms with Crippen LogP contribution in [-0.2, 0) is 9.59 Å². The van der Waals surface area contributed by atoms with Gasteiger partial charge in [0.2, 0.25) is 5.91 Å². The van der Waals surface area contributed by atoms with Crippen molar-refractivity contribution in [1.82, 2.24) is 14.9 Å². The van der Waals surface area contributed by atoms with Crippen molar-refractivity contribution in [2.75, 3.05) is 0 Å². The minimum Gasteiger partial charge on any atom is -0.481 e. The van der Waals surface area contributed by atoms with Gasteiger partial charge in [-0.15, -0.1) is 0 Å². The average Bonchev–Trinajstić information content (AvgIpc) is 2.77. The van der Waals surface area contributed by atoms with Crippen molar-refractivity contribution >= 4 is 11.9 Å². The Morgan fingerprint density at radius 2 is 1.80 bits per heavy atom. The van der Waals surface area contributed by atoms with Gasteiger partial charge in [-0.05, 0) is 54.7 Å². The highest BCUT2D eigenvalue weighted by molar-refractivity contribution is 5.81. The van der Waals surface area contributed by atoms with E-state index in [1.807, 2.05) is 13.8 Å². The first-order valence-electron chi connectivity index (χ1n) is 11.2. The lowest BCUT2D eigenvalue weighted by Gasteiger charge is -2.25. The molecule has 0 fully saturated rings. The lowest BCUT2D eigenvalue weighted by atomic mass is 9.98. The first-order valence-corrected chi connectivity index (χ1v) is 11.2. The number of hydrogen-bond donors (Lipinski definition) is 2. The van der Waals surface area contributed by atoms with Crippen LogP contribution in [0.1, 0.15) is 49.9 Å². The Bertz CT molecular complexity index is 1270. The molecule has 9 heteroatoms. The van der Waals surface area contributed by atoms with Gasteiger partial charge in [0.25, 0.3) is 5.56 Å². The zero-order chi connectivity index (χ0) is 25.7. The summed E-state index contributed by atoms with van der Waals surface area (Å²) in [5.74, 6) is -3.26. The molecule has 0 aliphatic heterocycles. The van der Waals surface area contributed by atoms with Crippen LogP contribution in [0.5, 0.6) is 0 Å². The first-order chi connectivity index (χ1) is 16.6. The molecule has 1 amide bonds. The number of carbonyl (C=O) groups excluding carboxylic acids is 1. The molecule has 35 heavy (non-hydrogen) atoms. The van der Waals surface area contributed by atoms with E-state index in [2.05, 4.69) is 10.3 Å². The van der Waals surface area contributed by atoms with E-state index in [4.69, 9.17) is 0 Å². The molecule has 0 saturated heterocycles. The van der Waals surface area contributed by atoms with Crippen molar-refractivity contribution in [2.24, 2.45) is 5.92 Å². The van der Waals surface area contributed by atoms with E-state index >= 15 is 0 Å². The molecule has 184 valence electrons. The fourth-order valence-corrected chi connectivity index (χ4v) is 3.89. The van der Waals surface area contributed by atoms with Crippen LogP contribution in [0.2, 0.25) is 0 Å². The monoisotopic (exact) mass is 483 g/mol. The first kappa shape index (κ1) is 25.7. The summed E-state index contributed by atoms with van der Waals surface area (Å²) in [5, 5.41) is 12.2. The van der Waals surface area contributed by atoms with Crippen LogP contribution in [-0.4, -0.2) is 26.5 Å². The minimum absolute atomic E-state index is 0.0610. The number of nitrogens with zero attached hydrogens (tertiary/aromatic N) is 2. The van der Waals surface area contributed by atoms with Gasteiger partial charge in [0.1, 0.15) is 17.7 Å². The Hall–Kier alpha value is -3.88. The summed E-state index contributed by atoms with van der Waals surface area (Å²) in [6.07, 6.45) is 3.99. The molecule has 3 aromatic rings. The maximum Gasteiger partial charge on any atom is 0.305 e. The summed E-state index contributed by atoms with van der Waals surface area (Å²) < 4.78 is 29.9. The number of aliphatic carboxylic acids is 1. The van der Waals surface area contributed by atoms with Gasteiger partial charge in [-0.25, -0.2) is 8.78 Å². The number of carboxylic acid groups (broad SMARTS) is 1. The molecule has 7 nitrogen and oxygen atoms in total. The highest BCUT2D eigenvalue weighted by Gasteiger charge is 2.27. The molecule has 2 atom stereocenters. The summed E-state index contributed by atoms with van der Waals surface area (Å²) >= 11 is 0. The van der Waals surface area contributed by atoms with Crippen LogP contribution in [0, 0.1) is 24.5 Å². The molecule has 0 spiro atoms. The molecule has 0 saturated carbocycles. The van der Waals surface area contributed by atoms with Gasteiger partial charge >= 0.3 is 5.97 Å². The molecule has 0 bridgehead atoms. The average molecular weight is 484 g/mol. The fraction of sp³-hybridized carbons (Fsp3) is 0.308. The standard InChI is InChI=1S/C26H27F2N3O4/c1-15(2)9-22(31-8-7-16(3)10-23(31)32)26(35)30-21(12-24(33)34)17-11-18(14-29-13-17)25-19(27)5-4-6-20(25)28/h4-8,10-11,13-15,21-22H,9,12H2,1-3H3,(H,30,35)(H,33,34)/t21-,22?/m0/s1. The molecular weight excluding hydrogens is 456 g/mol. The summed E-state index contributed by atoms with van der Waals surface area (Å²) in [7, 11) is 0. The van der Waals surface area contributed by atoms with E-state index in [0.29, 0.717) is 6.42 Å². The molecule has 2 aromatic heterocycles. The summed E-state index contributed by atoms with van der Waals surface area (Å²) in [4.78, 5) is 41.5. The molecule has 2 N–H and O–H groups in total. The SMILES string of the molecule is Cc1ccn(C(CC(C)C)C(=O)N[C@@H](CC(=O)O)c2cncc(-c3c(F)cccc3F)c2)c(=O)c1. The Labute approximate surface area is 201 Å². The molecule has 1 aromatic carbocycles. The Morgan fingerprint density at radius 3 is 2.40 bits per heavy atom. The van der Waals surface area contributed by atoms with Crippen molar-refractivity contribution in [2.45, 2.75) is 45.7 Å². The molecule has 0 aliphatic carbocycles. The van der Waals surface area contributed by atoms with Gasteiger partial charge in [-0.3, -0.25) is 19.4 Å². The van der Waals surface area contributed by atoms with Crippen molar-refractivity contribution in [1.29, 1.82) is 0 Å². The highest BCUT2D eigenvalue weighted by atomic mass is 19.1. The zero-order valence-electron chi connectivity index (χ0n) is 19.7. The second kappa shape index (κ2) is 11.0. The molecule has 0 radical (unpaired) electrons. The number of aryl methyl sites for hydroxylation is 1. The van der Waals surface area contributed by atoms with Crippen LogP contribution in [0.4, 0.5) is 8.78 Å². The molecule has 1 unspecified atom stereocenters. The normalized spacial score (nSPS) is 12.9. The van der Waals surface area contributed by atoms with E-state index in [9.17, 15) is 28.3 Å². The topological polar surface area (TPSA) is 101 Å². The molecular formula is C26H27F2N3O4. The number of nitrogens with one attached hydrogen (secondary N) is 1. The fourth-order valence-electron chi connectivity index (χ4n) is 3.89. The van der Waals surface area contributed by atoms with Gasteiger partial charge in [0.05, 0.1) is 18.0 Å². The van der Waals surface area contributed by atoms with Gasteiger partial charge < -0.3 is 15.0 Å². The number of hydrogen-bond acceptors (Lipinski definition) is 4. The predicted octanol–water partition coefficient (Wildman–Crippen LogP) is 4.42. The third-order valence-corrected chi connectivity index (χ3v) is 5.55. The second-order valence-corrected chi connectivity index (χ2v) is 8.86. The molecule has 0 aliphatic rings. The molecule has 3 rings (SSSR count). The minimum atomic E-state index is -1.19. The number of carboxylic acids is 1. The Balaban J connectivity index is 1.98. The largest absolute Gasteiger partial charge is 0.481 e. The van der Waals surface area contributed by atoms with Crippen LogP contribution < -0.4 is 10.9 Å². The zero-order valence-corrected chi connectivity index (χ0v) is 19.7.